The lowest BCUT2D eigenvalue weighted by Crippen LogP contribution is -2.48. The van der Waals surface area contributed by atoms with Gasteiger partial charge >= 0.3 is 12.1 Å². The molecule has 1 aromatic rings. The Labute approximate surface area is 123 Å². The molecule has 1 aromatic carbocycles. The number of benzene rings is 1. The first-order chi connectivity index (χ1) is 9.68. The summed E-state index contributed by atoms with van der Waals surface area (Å²) in [6, 6.07) is 0.369. The van der Waals surface area contributed by atoms with Gasteiger partial charge in [-0.15, -0.1) is 0 Å². The third-order valence-corrected chi connectivity index (χ3v) is 3.46. The van der Waals surface area contributed by atoms with E-state index in [1.807, 2.05) is 0 Å². The summed E-state index contributed by atoms with van der Waals surface area (Å²) in [5, 5.41) is 2.30. The SMILES string of the molecule is CCNC(c1cc(Cl)cc2c1OCC2)C(F)(F)C(F)(F)F. The maximum atomic E-state index is 13.8. The molecule has 0 spiro atoms. The van der Waals surface area contributed by atoms with E-state index in [2.05, 4.69) is 5.32 Å². The second-order valence-corrected chi connectivity index (χ2v) is 5.13. The minimum Gasteiger partial charge on any atom is -0.493 e. The zero-order valence-electron chi connectivity index (χ0n) is 11.0. The highest BCUT2D eigenvalue weighted by molar-refractivity contribution is 6.30. The Hall–Kier alpha value is -1.08. The third kappa shape index (κ3) is 2.94. The van der Waals surface area contributed by atoms with Crippen LogP contribution in [0.4, 0.5) is 22.0 Å². The van der Waals surface area contributed by atoms with Gasteiger partial charge in [0.2, 0.25) is 0 Å². The van der Waals surface area contributed by atoms with Gasteiger partial charge < -0.3 is 10.1 Å². The Balaban J connectivity index is 2.54. The molecular formula is C13H13ClF5NO. The quantitative estimate of drug-likeness (QED) is 0.839. The van der Waals surface area contributed by atoms with E-state index in [1.54, 1.807) is 0 Å². The Bertz CT molecular complexity index is 532. The van der Waals surface area contributed by atoms with Gasteiger partial charge in [-0.1, -0.05) is 18.5 Å². The van der Waals surface area contributed by atoms with Crippen molar-refractivity contribution in [1.82, 2.24) is 5.32 Å². The van der Waals surface area contributed by atoms with Crippen LogP contribution in [-0.2, 0) is 6.42 Å². The van der Waals surface area contributed by atoms with Crippen LogP contribution in [0.5, 0.6) is 5.75 Å². The molecule has 8 heteroatoms. The van der Waals surface area contributed by atoms with Gasteiger partial charge in [0.25, 0.3) is 0 Å². The van der Waals surface area contributed by atoms with Crippen molar-refractivity contribution in [2.45, 2.75) is 31.5 Å². The van der Waals surface area contributed by atoms with Gasteiger partial charge in [-0.2, -0.15) is 22.0 Å². The molecule has 21 heavy (non-hydrogen) atoms. The van der Waals surface area contributed by atoms with Crippen LogP contribution < -0.4 is 10.1 Å². The smallest absolute Gasteiger partial charge is 0.455 e. The lowest BCUT2D eigenvalue weighted by Gasteiger charge is -2.30. The fourth-order valence-corrected chi connectivity index (χ4v) is 2.56. The van der Waals surface area contributed by atoms with E-state index in [0.717, 1.165) is 6.07 Å². The minimum absolute atomic E-state index is 0.0579. The topological polar surface area (TPSA) is 21.3 Å². The predicted molar refractivity (Wildman–Crippen MR) is 68.1 cm³/mol. The highest BCUT2D eigenvalue weighted by Gasteiger charge is 2.63. The van der Waals surface area contributed by atoms with Crippen molar-refractivity contribution >= 4 is 11.6 Å². The van der Waals surface area contributed by atoms with Crippen LogP contribution in [0.1, 0.15) is 24.1 Å². The normalized spacial score (nSPS) is 16.5. The van der Waals surface area contributed by atoms with Crippen LogP contribution in [0.25, 0.3) is 0 Å². The zero-order chi connectivity index (χ0) is 15.8. The Morgan fingerprint density at radius 2 is 1.95 bits per heavy atom. The molecule has 2 rings (SSSR count). The number of alkyl halides is 5. The molecule has 0 radical (unpaired) electrons. The molecule has 0 fully saturated rings. The number of hydrogen-bond donors (Lipinski definition) is 1. The lowest BCUT2D eigenvalue weighted by molar-refractivity contribution is -0.294. The molecule has 1 atom stereocenters. The monoisotopic (exact) mass is 329 g/mol. The van der Waals surface area contributed by atoms with Crippen molar-refractivity contribution in [3.05, 3.63) is 28.3 Å². The minimum atomic E-state index is -5.67. The molecule has 0 bridgehead atoms. The van der Waals surface area contributed by atoms with E-state index < -0.39 is 18.1 Å². The van der Waals surface area contributed by atoms with Crippen molar-refractivity contribution in [2.75, 3.05) is 13.2 Å². The second-order valence-electron chi connectivity index (χ2n) is 4.69. The summed E-state index contributed by atoms with van der Waals surface area (Å²) in [5.74, 6) is -4.87. The van der Waals surface area contributed by atoms with Crippen molar-refractivity contribution in [3.63, 3.8) is 0 Å². The van der Waals surface area contributed by atoms with E-state index in [0.29, 0.717) is 12.0 Å². The lowest BCUT2D eigenvalue weighted by atomic mass is 9.96. The zero-order valence-corrected chi connectivity index (χ0v) is 11.8. The standard InChI is InChI=1S/C13H13ClF5NO/c1-2-20-11(12(15,16)13(17,18)19)9-6-8(14)5-7-3-4-21-10(7)9/h5-6,11,20H,2-4H2,1H3. The number of rotatable bonds is 4. The van der Waals surface area contributed by atoms with Crippen molar-refractivity contribution in [3.8, 4) is 5.75 Å². The van der Waals surface area contributed by atoms with Crippen LogP contribution in [0.15, 0.2) is 12.1 Å². The Morgan fingerprint density at radius 1 is 1.29 bits per heavy atom. The van der Waals surface area contributed by atoms with Crippen molar-refractivity contribution in [2.24, 2.45) is 0 Å². The van der Waals surface area contributed by atoms with Crippen LogP contribution >= 0.6 is 11.6 Å². The first-order valence-electron chi connectivity index (χ1n) is 6.31. The van der Waals surface area contributed by atoms with Gasteiger partial charge in [0.1, 0.15) is 11.8 Å². The van der Waals surface area contributed by atoms with Gasteiger partial charge in [-0.3, -0.25) is 0 Å². The average Bonchev–Trinajstić information content (AvgIpc) is 2.81. The molecule has 0 amide bonds. The summed E-state index contributed by atoms with van der Waals surface area (Å²) >= 11 is 5.83. The van der Waals surface area contributed by atoms with Crippen LogP contribution in [-0.4, -0.2) is 25.3 Å². The summed E-state index contributed by atoms with van der Waals surface area (Å²) < 4.78 is 70.8. The molecule has 1 aliphatic heterocycles. The van der Waals surface area contributed by atoms with E-state index in [4.69, 9.17) is 16.3 Å². The molecule has 1 heterocycles. The van der Waals surface area contributed by atoms with Crippen LogP contribution in [0.2, 0.25) is 5.02 Å². The molecule has 1 N–H and O–H groups in total. The number of hydrogen-bond acceptors (Lipinski definition) is 2. The fourth-order valence-electron chi connectivity index (χ4n) is 2.31. The molecule has 0 aliphatic carbocycles. The summed E-state index contributed by atoms with van der Waals surface area (Å²) in [4.78, 5) is 0. The molecule has 118 valence electrons. The largest absolute Gasteiger partial charge is 0.493 e. The van der Waals surface area contributed by atoms with Gasteiger partial charge in [-0.05, 0) is 24.2 Å². The number of ether oxygens (including phenoxy) is 1. The summed E-state index contributed by atoms with van der Waals surface area (Å²) in [7, 11) is 0. The maximum Gasteiger partial charge on any atom is 0.455 e. The highest BCUT2D eigenvalue weighted by atomic mass is 35.5. The van der Waals surface area contributed by atoms with Crippen molar-refractivity contribution in [1.29, 1.82) is 0 Å². The molecular weight excluding hydrogens is 317 g/mol. The Kier molecular flexibility index (Phi) is 4.35. The van der Waals surface area contributed by atoms with Crippen LogP contribution in [0.3, 0.4) is 0 Å². The number of nitrogens with one attached hydrogen (secondary N) is 1. The molecule has 0 saturated carbocycles. The van der Waals surface area contributed by atoms with Gasteiger partial charge in [0.15, 0.2) is 0 Å². The van der Waals surface area contributed by atoms with E-state index >= 15 is 0 Å². The third-order valence-electron chi connectivity index (χ3n) is 3.24. The van der Waals surface area contributed by atoms with Gasteiger partial charge in [-0.25, -0.2) is 0 Å². The predicted octanol–water partition coefficient (Wildman–Crippen LogP) is 4.12. The molecule has 0 saturated heterocycles. The number of halogens is 6. The summed E-state index contributed by atoms with van der Waals surface area (Å²) in [6.45, 7) is 1.63. The second kappa shape index (κ2) is 5.61. The molecule has 1 unspecified atom stereocenters. The van der Waals surface area contributed by atoms with Crippen LogP contribution in [0, 0.1) is 0 Å². The number of fused-ring (bicyclic) bond motifs is 1. The summed E-state index contributed by atoms with van der Waals surface area (Å²) in [5.41, 5.74) is 0.276. The molecule has 0 aromatic heterocycles. The maximum absolute atomic E-state index is 13.8. The highest BCUT2D eigenvalue weighted by Crippen LogP contribution is 2.48. The average molecular weight is 330 g/mol. The van der Waals surface area contributed by atoms with E-state index in [1.165, 1.54) is 13.0 Å². The van der Waals surface area contributed by atoms with Gasteiger partial charge in [0, 0.05) is 17.0 Å². The first-order valence-corrected chi connectivity index (χ1v) is 6.69. The van der Waals surface area contributed by atoms with Crippen molar-refractivity contribution < 1.29 is 26.7 Å². The first kappa shape index (κ1) is 16.3. The Morgan fingerprint density at radius 3 is 2.52 bits per heavy atom. The molecule has 2 nitrogen and oxygen atoms in total. The van der Waals surface area contributed by atoms with E-state index in [-0.39, 0.29) is 29.5 Å². The van der Waals surface area contributed by atoms with Gasteiger partial charge in [0.05, 0.1) is 6.61 Å². The summed E-state index contributed by atoms with van der Waals surface area (Å²) in [6.07, 6.45) is -5.24. The van der Waals surface area contributed by atoms with E-state index in [9.17, 15) is 22.0 Å². The fraction of sp³-hybridized carbons (Fsp3) is 0.538. The molecule has 1 aliphatic rings.